The zero-order valence-electron chi connectivity index (χ0n) is 18.2. The van der Waals surface area contributed by atoms with Gasteiger partial charge in [0.2, 0.25) is 0 Å². The van der Waals surface area contributed by atoms with Crippen LogP contribution in [0.4, 0.5) is 14.9 Å². The zero-order chi connectivity index (χ0) is 23.8. The number of nitriles is 1. The first-order valence-electron chi connectivity index (χ1n) is 10.5. The fourth-order valence-corrected chi connectivity index (χ4v) is 4.05. The molecule has 2 N–H and O–H groups in total. The predicted molar refractivity (Wildman–Crippen MR) is 125 cm³/mol. The van der Waals surface area contributed by atoms with Crippen molar-refractivity contribution in [1.29, 1.82) is 5.26 Å². The average Bonchev–Trinajstić information content (AvgIpc) is 3.29. The number of carbonyl (C=O) groups is 2. The highest BCUT2D eigenvalue weighted by Gasteiger charge is 2.29. The number of nitrogens with zero attached hydrogens (tertiary/aromatic N) is 3. The zero-order valence-corrected chi connectivity index (χ0v) is 19.0. The lowest BCUT2D eigenvalue weighted by Crippen LogP contribution is -2.38. The van der Waals surface area contributed by atoms with Crippen molar-refractivity contribution in [2.24, 2.45) is 0 Å². The van der Waals surface area contributed by atoms with Crippen LogP contribution in [0.1, 0.15) is 17.5 Å². The van der Waals surface area contributed by atoms with E-state index in [4.69, 9.17) is 11.6 Å². The number of rotatable bonds is 8. The van der Waals surface area contributed by atoms with Crippen LogP contribution < -0.4 is 15.5 Å². The smallest absolute Gasteiger partial charge is 0.318 e. The number of anilines is 1. The minimum Gasteiger partial charge on any atom is -0.363 e. The first kappa shape index (κ1) is 24.2. The molecule has 0 unspecified atom stereocenters. The van der Waals surface area contributed by atoms with Crippen molar-refractivity contribution in [3.05, 3.63) is 76.2 Å². The standard InChI is InChI=1S/C24H25ClFN5O2/c1-28-24(33)29-12-17(16-32)13-30-9-8-21(15-30)31(14-19-4-2-3-5-23(19)26)20-7-6-18(11-27)22(25)10-20/h2-7,10,12,16,21H,8-9,13-15H2,1H3,(H2,28,29,33)/b17-12-/t21-/m0/s1. The second-order valence-corrected chi connectivity index (χ2v) is 8.14. The summed E-state index contributed by atoms with van der Waals surface area (Å²) >= 11 is 6.28. The van der Waals surface area contributed by atoms with Crippen LogP contribution in [0, 0.1) is 17.1 Å². The fraction of sp³-hybridized carbons (Fsp3) is 0.292. The SMILES string of the molecule is CNC(=O)N/C=C(\C=O)CN1CC[C@H](N(Cc2ccccc2F)c2ccc(C#N)c(Cl)c2)C1. The molecule has 0 bridgehead atoms. The molecule has 0 aliphatic carbocycles. The largest absolute Gasteiger partial charge is 0.363 e. The van der Waals surface area contributed by atoms with E-state index in [0.29, 0.717) is 41.4 Å². The van der Waals surface area contributed by atoms with Gasteiger partial charge in [-0.1, -0.05) is 29.8 Å². The van der Waals surface area contributed by atoms with Gasteiger partial charge >= 0.3 is 6.03 Å². The van der Waals surface area contributed by atoms with E-state index in [1.54, 1.807) is 30.3 Å². The lowest BCUT2D eigenvalue weighted by Gasteiger charge is -2.32. The molecule has 1 aliphatic heterocycles. The molecule has 0 radical (unpaired) electrons. The second-order valence-electron chi connectivity index (χ2n) is 7.73. The quantitative estimate of drug-likeness (QED) is 0.456. The third kappa shape index (κ3) is 6.31. The maximum Gasteiger partial charge on any atom is 0.318 e. The topological polar surface area (TPSA) is 88.5 Å². The molecule has 2 amide bonds. The first-order chi connectivity index (χ1) is 15.9. The van der Waals surface area contributed by atoms with Gasteiger partial charge in [-0.05, 0) is 30.7 Å². The van der Waals surface area contributed by atoms with Gasteiger partial charge in [-0.3, -0.25) is 9.69 Å². The van der Waals surface area contributed by atoms with E-state index in [9.17, 15) is 19.2 Å². The molecule has 1 aliphatic rings. The number of benzene rings is 2. The Labute approximate surface area is 197 Å². The van der Waals surface area contributed by atoms with Crippen LogP contribution in [0.2, 0.25) is 5.02 Å². The summed E-state index contributed by atoms with van der Waals surface area (Å²) in [6.45, 7) is 2.08. The van der Waals surface area contributed by atoms with Crippen LogP contribution in [0.3, 0.4) is 0 Å². The Balaban J connectivity index is 1.80. The highest BCUT2D eigenvalue weighted by atomic mass is 35.5. The van der Waals surface area contributed by atoms with E-state index in [1.165, 1.54) is 19.3 Å². The van der Waals surface area contributed by atoms with Crippen molar-refractivity contribution < 1.29 is 14.0 Å². The van der Waals surface area contributed by atoms with Gasteiger partial charge in [0.1, 0.15) is 18.2 Å². The normalized spacial score (nSPS) is 16.2. The third-order valence-electron chi connectivity index (χ3n) is 5.56. The Morgan fingerprint density at radius 2 is 2.15 bits per heavy atom. The number of hydrogen-bond donors (Lipinski definition) is 2. The van der Waals surface area contributed by atoms with Crippen molar-refractivity contribution in [1.82, 2.24) is 15.5 Å². The molecule has 1 atom stereocenters. The number of hydrogen-bond acceptors (Lipinski definition) is 5. The number of urea groups is 1. The summed E-state index contributed by atoms with van der Waals surface area (Å²) in [5.74, 6) is -0.288. The third-order valence-corrected chi connectivity index (χ3v) is 5.88. The molecule has 1 saturated heterocycles. The van der Waals surface area contributed by atoms with E-state index >= 15 is 0 Å². The average molecular weight is 470 g/mol. The van der Waals surface area contributed by atoms with Crippen LogP contribution in [0.5, 0.6) is 0 Å². The van der Waals surface area contributed by atoms with Crippen LogP contribution >= 0.6 is 11.6 Å². The van der Waals surface area contributed by atoms with Gasteiger partial charge < -0.3 is 15.5 Å². The van der Waals surface area contributed by atoms with Gasteiger partial charge in [0, 0.05) is 62.3 Å². The lowest BCUT2D eigenvalue weighted by molar-refractivity contribution is -0.105. The summed E-state index contributed by atoms with van der Waals surface area (Å²) in [7, 11) is 1.49. The molecule has 172 valence electrons. The highest BCUT2D eigenvalue weighted by Crippen LogP contribution is 2.30. The molecular weight excluding hydrogens is 445 g/mol. The monoisotopic (exact) mass is 469 g/mol. The number of nitrogens with one attached hydrogen (secondary N) is 2. The second kappa shape index (κ2) is 11.5. The predicted octanol–water partition coefficient (Wildman–Crippen LogP) is 3.44. The van der Waals surface area contributed by atoms with Gasteiger partial charge in [0.05, 0.1) is 10.6 Å². The van der Waals surface area contributed by atoms with E-state index in [2.05, 4.69) is 26.5 Å². The van der Waals surface area contributed by atoms with Gasteiger partial charge in [0.15, 0.2) is 0 Å². The molecule has 0 saturated carbocycles. The van der Waals surface area contributed by atoms with Gasteiger partial charge in [0.25, 0.3) is 0 Å². The van der Waals surface area contributed by atoms with Gasteiger partial charge in [-0.15, -0.1) is 0 Å². The van der Waals surface area contributed by atoms with Gasteiger partial charge in [-0.25, -0.2) is 9.18 Å². The van der Waals surface area contributed by atoms with Crippen molar-refractivity contribution in [3.8, 4) is 6.07 Å². The summed E-state index contributed by atoms with van der Waals surface area (Å²) in [5, 5.41) is 14.5. The van der Waals surface area contributed by atoms with Crippen molar-refractivity contribution in [2.45, 2.75) is 19.0 Å². The minimum absolute atomic E-state index is 0.0356. The Morgan fingerprint density at radius 3 is 2.82 bits per heavy atom. The molecule has 1 heterocycles. The van der Waals surface area contributed by atoms with E-state index < -0.39 is 6.03 Å². The maximum atomic E-state index is 14.4. The summed E-state index contributed by atoms with van der Waals surface area (Å²) in [4.78, 5) is 27.0. The van der Waals surface area contributed by atoms with E-state index in [0.717, 1.165) is 24.9 Å². The molecule has 0 aromatic heterocycles. The molecule has 2 aromatic rings. The Kier molecular flexibility index (Phi) is 8.41. The number of amides is 2. The van der Waals surface area contributed by atoms with Crippen molar-refractivity contribution in [3.63, 3.8) is 0 Å². The molecule has 33 heavy (non-hydrogen) atoms. The summed E-state index contributed by atoms with van der Waals surface area (Å²) in [6, 6.07) is 13.5. The van der Waals surface area contributed by atoms with Gasteiger partial charge in [-0.2, -0.15) is 5.26 Å². The van der Waals surface area contributed by atoms with E-state index in [1.807, 2.05) is 6.07 Å². The Bertz CT molecular complexity index is 1080. The van der Waals surface area contributed by atoms with Crippen LogP contribution in [0.15, 0.2) is 54.2 Å². The molecule has 7 nitrogen and oxygen atoms in total. The fourth-order valence-electron chi connectivity index (χ4n) is 3.83. The summed E-state index contributed by atoms with van der Waals surface area (Å²) in [5.41, 5.74) is 2.17. The van der Waals surface area contributed by atoms with Crippen molar-refractivity contribution in [2.75, 3.05) is 31.6 Å². The number of aldehydes is 1. The van der Waals surface area contributed by atoms with Crippen LogP contribution in [-0.4, -0.2) is 49.9 Å². The highest BCUT2D eigenvalue weighted by molar-refractivity contribution is 6.32. The van der Waals surface area contributed by atoms with Crippen LogP contribution in [-0.2, 0) is 11.3 Å². The molecule has 0 spiro atoms. The Hall–Kier alpha value is -3.41. The molecule has 2 aromatic carbocycles. The molecule has 3 rings (SSSR count). The number of likely N-dealkylation sites (tertiary alicyclic amines) is 1. The number of carbonyl (C=O) groups excluding carboxylic acids is 2. The summed E-state index contributed by atoms with van der Waals surface area (Å²) < 4.78 is 14.4. The first-order valence-corrected chi connectivity index (χ1v) is 10.9. The molecular formula is C24H25ClFN5O2. The summed E-state index contributed by atoms with van der Waals surface area (Å²) in [6.07, 6.45) is 2.92. The number of halogens is 2. The van der Waals surface area contributed by atoms with Crippen LogP contribution in [0.25, 0.3) is 0 Å². The van der Waals surface area contributed by atoms with E-state index in [-0.39, 0.29) is 11.9 Å². The maximum absolute atomic E-state index is 14.4. The molecule has 9 heteroatoms. The minimum atomic E-state index is -0.401. The Morgan fingerprint density at radius 1 is 1.36 bits per heavy atom. The lowest BCUT2D eigenvalue weighted by atomic mass is 10.1. The van der Waals surface area contributed by atoms with Crippen molar-refractivity contribution >= 4 is 29.6 Å². The molecule has 1 fully saturated rings.